The number of hydrogen-bond donors (Lipinski definition) is 1. The second-order valence-electron chi connectivity index (χ2n) is 6.77. The van der Waals surface area contributed by atoms with Gasteiger partial charge in [-0.25, -0.2) is 14.6 Å². The molecule has 0 radical (unpaired) electrons. The molecule has 1 unspecified atom stereocenters. The van der Waals surface area contributed by atoms with Gasteiger partial charge in [-0.15, -0.1) is 0 Å². The van der Waals surface area contributed by atoms with Crippen LogP contribution >= 0.6 is 0 Å². The number of aromatic nitrogens is 4. The van der Waals surface area contributed by atoms with Gasteiger partial charge in [0.05, 0.1) is 11.4 Å². The lowest BCUT2D eigenvalue weighted by atomic mass is 10.1. The topological polar surface area (TPSA) is 107 Å². The highest BCUT2D eigenvalue weighted by atomic mass is 16.2. The van der Waals surface area contributed by atoms with E-state index >= 15 is 0 Å². The Kier molecular flexibility index (Phi) is 4.60. The van der Waals surface area contributed by atoms with Crippen LogP contribution in [0.1, 0.15) is 29.2 Å². The van der Waals surface area contributed by atoms with Crippen LogP contribution in [0.3, 0.4) is 0 Å². The first-order valence-corrected chi connectivity index (χ1v) is 9.08. The minimum atomic E-state index is -0.0834. The number of fused-ring (bicyclic) bond motifs is 1. The van der Waals surface area contributed by atoms with Crippen LogP contribution in [0.15, 0.2) is 43.2 Å². The van der Waals surface area contributed by atoms with Crippen molar-refractivity contribution in [2.45, 2.75) is 18.9 Å². The van der Waals surface area contributed by atoms with Gasteiger partial charge in [-0.1, -0.05) is 30.8 Å². The summed E-state index contributed by atoms with van der Waals surface area (Å²) in [6.45, 7) is 4.82. The standard InChI is InChI=1S/C20H20N6O2/c1-2-16(28)25-9-3-4-15(10-25)26-20-17(19(21)22-12-23-20)18(24-26)14-7-5-13(11-27)6-8-14/h2,5-8,11-12,15H,1,3-4,9-10H2,(H2,21,22,23). The Morgan fingerprint density at radius 3 is 2.75 bits per heavy atom. The molecule has 0 bridgehead atoms. The number of nitrogens with zero attached hydrogens (tertiary/aromatic N) is 5. The number of anilines is 1. The Morgan fingerprint density at radius 2 is 2.04 bits per heavy atom. The van der Waals surface area contributed by atoms with E-state index in [0.717, 1.165) is 24.7 Å². The third-order valence-corrected chi connectivity index (χ3v) is 5.07. The SMILES string of the molecule is C=CC(=O)N1CCCC(n2nc(-c3ccc(C=O)cc3)c3c(N)ncnc32)C1. The van der Waals surface area contributed by atoms with Gasteiger partial charge in [-0.3, -0.25) is 9.59 Å². The number of aldehydes is 1. The molecule has 2 aromatic heterocycles. The van der Waals surface area contributed by atoms with Gasteiger partial charge in [-0.2, -0.15) is 5.10 Å². The van der Waals surface area contributed by atoms with Crippen molar-refractivity contribution < 1.29 is 9.59 Å². The molecule has 1 amide bonds. The van der Waals surface area contributed by atoms with Crippen molar-refractivity contribution in [1.29, 1.82) is 0 Å². The van der Waals surface area contributed by atoms with Gasteiger partial charge >= 0.3 is 0 Å². The number of nitrogen functional groups attached to an aromatic ring is 1. The molecule has 4 rings (SSSR count). The van der Waals surface area contributed by atoms with E-state index in [1.165, 1.54) is 12.4 Å². The molecule has 1 aromatic carbocycles. The smallest absolute Gasteiger partial charge is 0.246 e. The quantitative estimate of drug-likeness (QED) is 0.553. The van der Waals surface area contributed by atoms with Crippen molar-refractivity contribution in [3.63, 3.8) is 0 Å². The Labute approximate surface area is 161 Å². The summed E-state index contributed by atoms with van der Waals surface area (Å²) in [7, 11) is 0. The fraction of sp³-hybridized carbons (Fsp3) is 0.250. The van der Waals surface area contributed by atoms with Gasteiger partial charge in [-0.05, 0) is 18.9 Å². The number of benzene rings is 1. The lowest BCUT2D eigenvalue weighted by Gasteiger charge is -2.32. The molecule has 8 heteroatoms. The molecule has 1 atom stereocenters. The molecule has 1 aliphatic rings. The van der Waals surface area contributed by atoms with Crippen molar-refractivity contribution in [2.24, 2.45) is 0 Å². The Bertz CT molecular complexity index is 1060. The average Bonchev–Trinajstić information content (AvgIpc) is 3.14. The molecule has 2 N–H and O–H groups in total. The largest absolute Gasteiger partial charge is 0.383 e. The van der Waals surface area contributed by atoms with E-state index in [2.05, 4.69) is 16.5 Å². The fourth-order valence-corrected chi connectivity index (χ4v) is 3.66. The molecule has 3 heterocycles. The first-order valence-electron chi connectivity index (χ1n) is 9.08. The maximum atomic E-state index is 12.1. The maximum absolute atomic E-state index is 12.1. The molecule has 28 heavy (non-hydrogen) atoms. The lowest BCUT2D eigenvalue weighted by Crippen LogP contribution is -2.40. The van der Waals surface area contributed by atoms with Gasteiger partial charge in [0.2, 0.25) is 5.91 Å². The van der Waals surface area contributed by atoms with Crippen LogP contribution in [0, 0.1) is 0 Å². The van der Waals surface area contributed by atoms with Crippen LogP contribution in [-0.2, 0) is 4.79 Å². The normalized spacial score (nSPS) is 16.9. The number of amides is 1. The Balaban J connectivity index is 1.81. The van der Waals surface area contributed by atoms with E-state index in [-0.39, 0.29) is 11.9 Å². The zero-order valence-electron chi connectivity index (χ0n) is 15.3. The summed E-state index contributed by atoms with van der Waals surface area (Å²) in [5.41, 5.74) is 8.87. The van der Waals surface area contributed by atoms with Gasteiger partial charge in [0.25, 0.3) is 0 Å². The van der Waals surface area contributed by atoms with E-state index in [9.17, 15) is 9.59 Å². The van der Waals surface area contributed by atoms with E-state index in [0.29, 0.717) is 41.2 Å². The Morgan fingerprint density at radius 1 is 1.25 bits per heavy atom. The zero-order valence-corrected chi connectivity index (χ0v) is 15.3. The maximum Gasteiger partial charge on any atom is 0.246 e. The summed E-state index contributed by atoms with van der Waals surface area (Å²) in [5, 5.41) is 5.48. The second kappa shape index (κ2) is 7.22. The van der Waals surface area contributed by atoms with E-state index in [1.807, 2.05) is 16.8 Å². The average molecular weight is 376 g/mol. The molecular formula is C20H20N6O2. The fourth-order valence-electron chi connectivity index (χ4n) is 3.66. The number of piperidine rings is 1. The summed E-state index contributed by atoms with van der Waals surface area (Å²) < 4.78 is 1.85. The van der Waals surface area contributed by atoms with Crippen molar-refractivity contribution in [3.8, 4) is 11.3 Å². The van der Waals surface area contributed by atoms with Crippen LogP contribution in [0.2, 0.25) is 0 Å². The third kappa shape index (κ3) is 3.02. The minimum absolute atomic E-state index is 0.0163. The van der Waals surface area contributed by atoms with E-state index in [1.54, 1.807) is 17.0 Å². The van der Waals surface area contributed by atoms with Crippen LogP contribution < -0.4 is 5.73 Å². The number of likely N-dealkylation sites (tertiary alicyclic amines) is 1. The molecule has 1 saturated heterocycles. The number of carbonyl (C=O) groups is 2. The molecule has 3 aromatic rings. The van der Waals surface area contributed by atoms with Crippen LogP contribution in [0.4, 0.5) is 5.82 Å². The number of carbonyl (C=O) groups excluding carboxylic acids is 2. The summed E-state index contributed by atoms with van der Waals surface area (Å²) >= 11 is 0. The van der Waals surface area contributed by atoms with E-state index < -0.39 is 0 Å². The first kappa shape index (κ1) is 17.8. The summed E-state index contributed by atoms with van der Waals surface area (Å²) in [4.78, 5) is 33.3. The lowest BCUT2D eigenvalue weighted by molar-refractivity contribution is -0.127. The van der Waals surface area contributed by atoms with E-state index in [4.69, 9.17) is 10.8 Å². The highest BCUT2D eigenvalue weighted by Gasteiger charge is 2.27. The minimum Gasteiger partial charge on any atom is -0.383 e. The van der Waals surface area contributed by atoms with Gasteiger partial charge in [0, 0.05) is 24.2 Å². The number of hydrogen-bond acceptors (Lipinski definition) is 6. The van der Waals surface area contributed by atoms with Crippen molar-refractivity contribution >= 4 is 29.0 Å². The summed E-state index contributed by atoms with van der Waals surface area (Å²) in [6, 6.07) is 7.11. The molecule has 1 aliphatic heterocycles. The predicted octanol–water partition coefficient (Wildman–Crippen LogP) is 2.24. The molecule has 142 valence electrons. The monoisotopic (exact) mass is 376 g/mol. The van der Waals surface area contributed by atoms with Crippen LogP contribution in [-0.4, -0.2) is 49.9 Å². The second-order valence-corrected chi connectivity index (χ2v) is 6.77. The van der Waals surface area contributed by atoms with Crippen molar-refractivity contribution in [2.75, 3.05) is 18.8 Å². The predicted molar refractivity (Wildman–Crippen MR) is 106 cm³/mol. The van der Waals surface area contributed by atoms with Gasteiger partial charge in [0.1, 0.15) is 24.1 Å². The molecule has 1 fully saturated rings. The zero-order chi connectivity index (χ0) is 19.7. The highest BCUT2D eigenvalue weighted by molar-refractivity contribution is 5.98. The summed E-state index contributed by atoms with van der Waals surface area (Å²) in [6.07, 6.45) is 5.31. The van der Waals surface area contributed by atoms with Crippen LogP contribution in [0.5, 0.6) is 0 Å². The molecular weight excluding hydrogens is 356 g/mol. The Hall–Kier alpha value is -3.55. The number of nitrogens with two attached hydrogens (primary N) is 1. The molecule has 0 saturated carbocycles. The molecule has 0 aliphatic carbocycles. The number of rotatable bonds is 4. The van der Waals surface area contributed by atoms with Crippen molar-refractivity contribution in [1.82, 2.24) is 24.6 Å². The highest BCUT2D eigenvalue weighted by Crippen LogP contribution is 2.33. The van der Waals surface area contributed by atoms with Crippen LogP contribution in [0.25, 0.3) is 22.3 Å². The summed E-state index contributed by atoms with van der Waals surface area (Å²) in [5.74, 6) is 0.264. The van der Waals surface area contributed by atoms with Gasteiger partial charge in [0.15, 0.2) is 5.65 Å². The molecule has 8 nitrogen and oxygen atoms in total. The van der Waals surface area contributed by atoms with Crippen molar-refractivity contribution in [3.05, 3.63) is 48.8 Å². The third-order valence-electron chi connectivity index (χ3n) is 5.07. The molecule has 0 spiro atoms. The first-order chi connectivity index (χ1) is 13.6. The van der Waals surface area contributed by atoms with Gasteiger partial charge < -0.3 is 10.6 Å².